The van der Waals surface area contributed by atoms with E-state index in [4.69, 9.17) is 5.73 Å². The molecule has 0 aliphatic rings. The van der Waals surface area contributed by atoms with Gasteiger partial charge in [0.2, 0.25) is 0 Å². The molecule has 2 N–H and O–H groups in total. The number of aromatic nitrogens is 1. The van der Waals surface area contributed by atoms with Gasteiger partial charge in [-0.1, -0.05) is 186 Å². The van der Waals surface area contributed by atoms with Gasteiger partial charge in [0.05, 0.1) is 5.69 Å². The third kappa shape index (κ3) is 11.1. The minimum Gasteiger partial charge on any atom is -1.00 e. The zero-order valence-corrected chi connectivity index (χ0v) is 39.7. The van der Waals surface area contributed by atoms with E-state index in [1.54, 1.807) is 6.20 Å². The molecule has 61 heavy (non-hydrogen) atoms. The molecule has 0 atom stereocenters. The summed E-state index contributed by atoms with van der Waals surface area (Å²) >= 11 is 0. The van der Waals surface area contributed by atoms with Crippen LogP contribution in [0.25, 0.3) is 32.7 Å². The van der Waals surface area contributed by atoms with Crippen LogP contribution in [0.5, 0.6) is 0 Å². The van der Waals surface area contributed by atoms with Crippen molar-refractivity contribution in [3.8, 4) is 11.1 Å². The summed E-state index contributed by atoms with van der Waals surface area (Å²) in [6, 6.07) is 70.2. The van der Waals surface area contributed by atoms with E-state index in [1.807, 2.05) is 18.2 Å². The van der Waals surface area contributed by atoms with Crippen molar-refractivity contribution in [2.75, 3.05) is 0 Å². The van der Waals surface area contributed by atoms with Gasteiger partial charge in [-0.3, -0.25) is 4.98 Å². The number of benzene rings is 8. The standard InChI is InChI=1S/C48H40P2.C6H8N2.2ClH.Ru/c1-33-11-21-39(22-12-33)49(40-23-13-34(2)14-24-40)43-29-19-37-7-5-9-45(47(37)31-43)46-10-6-8-38-20-30-44(32-48(38)46)50(41-25-15-35(3)16-26-41)42-27-17-36(4)18-28-42;7-5-6-3-1-2-4-8-6;;;/h5-32H,1-4H3;1-4H,5,7H2;2*1H;/q;;;;+2/p-2. The molecule has 0 aliphatic carbocycles. The molecule has 0 spiro atoms. The van der Waals surface area contributed by atoms with Gasteiger partial charge in [0, 0.05) is 12.7 Å². The summed E-state index contributed by atoms with van der Waals surface area (Å²) in [6.45, 7) is 9.20. The van der Waals surface area contributed by atoms with Gasteiger partial charge in [0.25, 0.3) is 0 Å². The third-order valence-corrected chi connectivity index (χ3v) is 15.5. The first-order valence-electron chi connectivity index (χ1n) is 19.9. The Hall–Kier alpha value is -4.55. The van der Waals surface area contributed by atoms with Crippen molar-refractivity contribution in [1.82, 2.24) is 4.98 Å². The molecule has 2 nitrogen and oxygen atoms in total. The van der Waals surface area contributed by atoms with E-state index < -0.39 is 15.8 Å². The molecule has 7 heteroatoms. The topological polar surface area (TPSA) is 38.9 Å². The number of fused-ring (bicyclic) bond motifs is 2. The van der Waals surface area contributed by atoms with Crippen LogP contribution in [0.4, 0.5) is 0 Å². The number of pyridine rings is 1. The molecule has 8 aromatic carbocycles. The molecule has 0 fully saturated rings. The molecule has 9 aromatic rings. The van der Waals surface area contributed by atoms with Gasteiger partial charge in [-0.2, -0.15) is 0 Å². The first kappa shape index (κ1) is 47.5. The number of nitrogens with two attached hydrogens (primary N) is 1. The fraction of sp³-hybridized carbons (Fsp3) is 0.0926. The fourth-order valence-electron chi connectivity index (χ4n) is 7.46. The van der Waals surface area contributed by atoms with Gasteiger partial charge in [-0.25, -0.2) is 0 Å². The van der Waals surface area contributed by atoms with E-state index >= 15 is 0 Å². The molecule has 1 heterocycles. The van der Waals surface area contributed by atoms with Crippen molar-refractivity contribution in [3.05, 3.63) is 222 Å². The van der Waals surface area contributed by atoms with Crippen molar-refractivity contribution in [1.29, 1.82) is 0 Å². The molecule has 9 rings (SSSR count). The van der Waals surface area contributed by atoms with Crippen LogP contribution in [0.3, 0.4) is 0 Å². The molecule has 0 unspecified atom stereocenters. The molecule has 0 aliphatic heterocycles. The van der Waals surface area contributed by atoms with Crippen LogP contribution in [-0.2, 0) is 26.0 Å². The van der Waals surface area contributed by atoms with Crippen LogP contribution in [0.1, 0.15) is 27.9 Å². The Morgan fingerprint density at radius 2 is 0.738 bits per heavy atom. The van der Waals surface area contributed by atoms with Crippen LogP contribution in [0.2, 0.25) is 0 Å². The Morgan fingerprint density at radius 3 is 1.03 bits per heavy atom. The Morgan fingerprint density at radius 1 is 0.393 bits per heavy atom. The maximum Gasteiger partial charge on any atom is 2.00 e. The van der Waals surface area contributed by atoms with Gasteiger partial charge in [0.1, 0.15) is 0 Å². The molecule has 0 amide bonds. The van der Waals surface area contributed by atoms with Crippen LogP contribution >= 0.6 is 15.8 Å². The Balaban J connectivity index is 0.000000578. The zero-order chi connectivity index (χ0) is 40.0. The van der Waals surface area contributed by atoms with E-state index in [9.17, 15) is 0 Å². The predicted molar refractivity (Wildman–Crippen MR) is 255 cm³/mol. The summed E-state index contributed by atoms with van der Waals surface area (Å²) in [4.78, 5) is 3.97. The first-order chi connectivity index (χ1) is 28.3. The average Bonchev–Trinajstić information content (AvgIpc) is 3.26. The zero-order valence-electron chi connectivity index (χ0n) is 34.7. The number of aryl methyl sites for hydroxylation is 4. The summed E-state index contributed by atoms with van der Waals surface area (Å²) in [5.74, 6) is 0. The number of rotatable bonds is 8. The molecular weight excluding hydrogens is 911 g/mol. The molecule has 0 saturated carbocycles. The third-order valence-electron chi connectivity index (χ3n) is 10.6. The van der Waals surface area contributed by atoms with Gasteiger partial charge in [-0.05, 0) is 132 Å². The quantitative estimate of drug-likeness (QED) is 0.173. The molecular formula is C54H48Cl2N2P2Ru. The monoisotopic (exact) mass is 958 g/mol. The van der Waals surface area contributed by atoms with Gasteiger partial charge in [-0.15, -0.1) is 0 Å². The Kier molecular flexibility index (Phi) is 17.1. The predicted octanol–water partition coefficient (Wildman–Crippen LogP) is 4.96. The van der Waals surface area contributed by atoms with E-state index in [1.165, 1.54) is 86.8 Å². The van der Waals surface area contributed by atoms with Crippen molar-refractivity contribution in [2.24, 2.45) is 5.73 Å². The van der Waals surface area contributed by atoms with E-state index in [-0.39, 0.29) is 44.3 Å². The smallest absolute Gasteiger partial charge is 1.00 e. The Labute approximate surface area is 389 Å². The number of nitrogens with zero attached hydrogens (tertiary/aromatic N) is 1. The fourth-order valence-corrected chi connectivity index (χ4v) is 12.0. The van der Waals surface area contributed by atoms with Crippen molar-refractivity contribution in [2.45, 2.75) is 34.2 Å². The minimum absolute atomic E-state index is 0. The second-order valence-electron chi connectivity index (χ2n) is 15.0. The summed E-state index contributed by atoms with van der Waals surface area (Å²) in [5.41, 5.74) is 13.9. The first-order valence-corrected chi connectivity index (χ1v) is 22.6. The van der Waals surface area contributed by atoms with Crippen molar-refractivity contribution in [3.63, 3.8) is 0 Å². The van der Waals surface area contributed by atoms with Crippen molar-refractivity contribution < 1.29 is 44.3 Å². The summed E-state index contributed by atoms with van der Waals surface area (Å²) in [5, 5.41) is 13.4. The van der Waals surface area contributed by atoms with Crippen molar-refractivity contribution >= 4 is 69.2 Å². The van der Waals surface area contributed by atoms with Gasteiger partial charge in [0.15, 0.2) is 0 Å². The Bertz CT molecular complexity index is 2530. The number of hydrogen-bond acceptors (Lipinski definition) is 2. The van der Waals surface area contributed by atoms with Crippen LogP contribution in [0.15, 0.2) is 194 Å². The van der Waals surface area contributed by atoms with E-state index in [0.717, 1.165) is 5.69 Å². The van der Waals surface area contributed by atoms with Crippen LogP contribution in [0, 0.1) is 27.7 Å². The maximum atomic E-state index is 5.29. The van der Waals surface area contributed by atoms with Gasteiger partial charge >= 0.3 is 19.5 Å². The normalized spacial score (nSPS) is 10.7. The molecule has 0 saturated heterocycles. The van der Waals surface area contributed by atoms with E-state index in [0.29, 0.717) is 6.54 Å². The second kappa shape index (κ2) is 22.0. The van der Waals surface area contributed by atoms with Crippen LogP contribution in [-0.4, -0.2) is 4.98 Å². The maximum absolute atomic E-state index is 5.29. The summed E-state index contributed by atoms with van der Waals surface area (Å²) in [6.07, 6.45) is 1.74. The minimum atomic E-state index is -0.727. The van der Waals surface area contributed by atoms with Gasteiger partial charge < -0.3 is 30.5 Å². The molecule has 1 aromatic heterocycles. The SMILES string of the molecule is Cc1ccc(P(c2ccc(C)cc2)c2ccc3cccc(-c4cccc5ccc(P(c6ccc(C)cc6)c6ccc(C)cc6)cc45)c3c2)cc1.NCc1ccccn1.[Cl-].[Cl-].[Ru+2]. The second-order valence-corrected chi connectivity index (χ2v) is 19.4. The summed E-state index contributed by atoms with van der Waals surface area (Å²) < 4.78 is 0. The molecule has 0 bridgehead atoms. The number of hydrogen-bond donors (Lipinski definition) is 1. The van der Waals surface area contributed by atoms with Crippen LogP contribution < -0.4 is 62.4 Å². The largest absolute Gasteiger partial charge is 2.00 e. The number of halogens is 2. The molecule has 306 valence electrons. The molecule has 0 radical (unpaired) electrons. The average molecular weight is 959 g/mol. The van der Waals surface area contributed by atoms with E-state index in [2.05, 4.69) is 203 Å². The summed E-state index contributed by atoms with van der Waals surface area (Å²) in [7, 11) is -1.45.